The van der Waals surface area contributed by atoms with Gasteiger partial charge in [0.15, 0.2) is 5.78 Å². The first-order valence-electron chi connectivity index (χ1n) is 6.75. The molecule has 3 heterocycles. The molecule has 4 rings (SSSR count). The molecule has 0 unspecified atom stereocenters. The Morgan fingerprint density at radius 2 is 2.20 bits per heavy atom. The lowest BCUT2D eigenvalue weighted by molar-refractivity contribution is 0.0999. The second kappa shape index (κ2) is 4.00. The van der Waals surface area contributed by atoms with Crippen molar-refractivity contribution in [2.75, 3.05) is 6.54 Å². The van der Waals surface area contributed by atoms with Gasteiger partial charge in [0.1, 0.15) is 18.2 Å². The molecule has 3 aliphatic heterocycles. The normalized spacial score (nSPS) is 18.9. The van der Waals surface area contributed by atoms with Crippen LogP contribution in [0.4, 0.5) is 5.69 Å². The first kappa shape index (κ1) is 11.3. The third-order valence-electron chi connectivity index (χ3n) is 3.80. The Labute approximate surface area is 116 Å². The summed E-state index contributed by atoms with van der Waals surface area (Å²) in [7, 11) is 0. The van der Waals surface area contributed by atoms with Gasteiger partial charge in [-0.05, 0) is 24.1 Å². The zero-order valence-electron chi connectivity index (χ0n) is 11.1. The Kier molecular flexibility index (Phi) is 2.27. The van der Waals surface area contributed by atoms with Crippen LogP contribution in [0.15, 0.2) is 52.1 Å². The number of hydrogen-bond acceptors (Lipinski definition) is 4. The topological polar surface area (TPSA) is 45.0 Å². The molecule has 98 valence electrons. The zero-order chi connectivity index (χ0) is 13.7. The van der Waals surface area contributed by atoms with Gasteiger partial charge in [-0.3, -0.25) is 14.7 Å². The van der Waals surface area contributed by atoms with Gasteiger partial charge in [0.05, 0.1) is 11.3 Å². The molecule has 4 nitrogen and oxygen atoms in total. The van der Waals surface area contributed by atoms with Crippen molar-refractivity contribution in [3.8, 4) is 0 Å². The maximum Gasteiger partial charge on any atom is 0.185 e. The summed E-state index contributed by atoms with van der Waals surface area (Å²) in [4.78, 5) is 23.1. The van der Waals surface area contributed by atoms with Crippen molar-refractivity contribution >= 4 is 23.1 Å². The highest BCUT2D eigenvalue weighted by molar-refractivity contribution is 6.25. The molecule has 0 saturated carbocycles. The monoisotopic (exact) mass is 263 g/mol. The van der Waals surface area contributed by atoms with Crippen LogP contribution in [0.1, 0.15) is 29.3 Å². The number of fused-ring (bicyclic) bond motifs is 2. The van der Waals surface area contributed by atoms with Crippen LogP contribution in [0.3, 0.4) is 0 Å². The van der Waals surface area contributed by atoms with Crippen molar-refractivity contribution in [3.63, 3.8) is 0 Å². The second-order valence-electron chi connectivity index (χ2n) is 4.99. The first-order valence-corrected chi connectivity index (χ1v) is 6.75. The number of aliphatic imine (C=N–C) groups is 2. The Hall–Kier alpha value is -2.49. The van der Waals surface area contributed by atoms with Crippen LogP contribution in [0, 0.1) is 0 Å². The highest BCUT2D eigenvalue weighted by Gasteiger charge is 2.32. The highest BCUT2D eigenvalue weighted by atomic mass is 16.1. The van der Waals surface area contributed by atoms with Crippen LogP contribution in [-0.2, 0) is 0 Å². The van der Waals surface area contributed by atoms with Gasteiger partial charge in [0.2, 0.25) is 0 Å². The third kappa shape index (κ3) is 1.45. The van der Waals surface area contributed by atoms with Gasteiger partial charge < -0.3 is 0 Å². The third-order valence-corrected chi connectivity index (χ3v) is 3.80. The molecule has 0 aromatic heterocycles. The standard InChI is InChI=1S/C16H13N3O/c1-2-10-6-7-14-18-12-5-3-4-11-13(20)8-17-16(15(11)12)19(14)9-10/h3-7,9H,2,8H2,1H3. The first-order chi connectivity index (χ1) is 9.78. The molecular weight excluding hydrogens is 250 g/mol. The molecule has 0 bridgehead atoms. The molecule has 0 aliphatic carbocycles. The van der Waals surface area contributed by atoms with E-state index in [1.54, 1.807) is 0 Å². The Balaban J connectivity index is 1.97. The van der Waals surface area contributed by atoms with Crippen molar-refractivity contribution in [2.45, 2.75) is 13.3 Å². The molecule has 0 saturated heterocycles. The van der Waals surface area contributed by atoms with Crippen LogP contribution >= 0.6 is 0 Å². The Morgan fingerprint density at radius 1 is 1.30 bits per heavy atom. The summed E-state index contributed by atoms with van der Waals surface area (Å²) in [5, 5.41) is 0. The molecule has 3 aliphatic rings. The summed E-state index contributed by atoms with van der Waals surface area (Å²) in [5.41, 5.74) is 3.66. The van der Waals surface area contributed by atoms with E-state index in [2.05, 4.69) is 29.2 Å². The average molecular weight is 263 g/mol. The number of ketones is 1. The van der Waals surface area contributed by atoms with Gasteiger partial charge in [-0.1, -0.05) is 25.1 Å². The molecular formula is C16H13N3O. The van der Waals surface area contributed by atoms with E-state index in [1.807, 2.05) is 29.2 Å². The molecule has 4 heteroatoms. The van der Waals surface area contributed by atoms with Gasteiger partial charge in [-0.25, -0.2) is 4.99 Å². The number of Topliss-reactive ketones (excluding diaryl/α,β-unsaturated/α-hetero) is 1. The van der Waals surface area contributed by atoms with Crippen molar-refractivity contribution in [3.05, 3.63) is 53.3 Å². The van der Waals surface area contributed by atoms with Gasteiger partial charge in [-0.2, -0.15) is 0 Å². The van der Waals surface area contributed by atoms with Crippen molar-refractivity contribution in [1.29, 1.82) is 0 Å². The molecule has 1 aromatic carbocycles. The maximum atomic E-state index is 12.0. The smallest absolute Gasteiger partial charge is 0.185 e. The summed E-state index contributed by atoms with van der Waals surface area (Å²) in [6, 6.07) is 5.68. The van der Waals surface area contributed by atoms with Crippen LogP contribution in [0.5, 0.6) is 0 Å². The minimum atomic E-state index is 0.0662. The summed E-state index contributed by atoms with van der Waals surface area (Å²) in [5.74, 6) is 1.77. The fourth-order valence-corrected chi connectivity index (χ4v) is 2.74. The van der Waals surface area contributed by atoms with Crippen molar-refractivity contribution in [1.82, 2.24) is 4.90 Å². The minimum absolute atomic E-state index is 0.0662. The molecule has 0 atom stereocenters. The number of allylic oxidation sites excluding steroid dienone is 2. The molecule has 1 aromatic rings. The van der Waals surface area contributed by atoms with Gasteiger partial charge in [0, 0.05) is 11.8 Å². The molecule has 0 spiro atoms. The summed E-state index contributed by atoms with van der Waals surface area (Å²) < 4.78 is 0. The molecule has 0 amide bonds. The average Bonchev–Trinajstić information content (AvgIpc) is 2.49. The number of amidine groups is 2. The van der Waals surface area contributed by atoms with E-state index >= 15 is 0 Å². The molecule has 20 heavy (non-hydrogen) atoms. The maximum absolute atomic E-state index is 12.0. The quantitative estimate of drug-likeness (QED) is 0.782. The predicted molar refractivity (Wildman–Crippen MR) is 78.6 cm³/mol. The van der Waals surface area contributed by atoms with Crippen molar-refractivity contribution < 1.29 is 4.79 Å². The van der Waals surface area contributed by atoms with Gasteiger partial charge in [-0.15, -0.1) is 0 Å². The van der Waals surface area contributed by atoms with E-state index in [0.29, 0.717) is 0 Å². The number of rotatable bonds is 1. The zero-order valence-corrected chi connectivity index (χ0v) is 11.1. The fraction of sp³-hybridized carbons (Fsp3) is 0.188. The van der Waals surface area contributed by atoms with Crippen LogP contribution in [0.2, 0.25) is 0 Å². The van der Waals surface area contributed by atoms with E-state index < -0.39 is 0 Å². The predicted octanol–water partition coefficient (Wildman–Crippen LogP) is 2.84. The number of nitrogens with zero attached hydrogens (tertiary/aromatic N) is 3. The van der Waals surface area contributed by atoms with Crippen LogP contribution in [-0.4, -0.2) is 28.9 Å². The minimum Gasteiger partial charge on any atom is -0.292 e. The molecule has 0 fully saturated rings. The van der Waals surface area contributed by atoms with E-state index in [1.165, 1.54) is 5.57 Å². The van der Waals surface area contributed by atoms with E-state index in [4.69, 9.17) is 0 Å². The summed E-state index contributed by atoms with van der Waals surface area (Å²) in [6.45, 7) is 2.34. The molecule has 0 N–H and O–H groups in total. The molecule has 0 radical (unpaired) electrons. The lowest BCUT2D eigenvalue weighted by Gasteiger charge is -2.32. The lowest BCUT2D eigenvalue weighted by atomic mass is 9.95. The highest BCUT2D eigenvalue weighted by Crippen LogP contribution is 2.34. The number of hydrogen-bond donors (Lipinski definition) is 0. The lowest BCUT2D eigenvalue weighted by Crippen LogP contribution is -2.39. The van der Waals surface area contributed by atoms with Crippen molar-refractivity contribution in [2.24, 2.45) is 9.98 Å². The second-order valence-corrected chi connectivity index (χ2v) is 4.99. The van der Waals surface area contributed by atoms with Gasteiger partial charge in [0.25, 0.3) is 0 Å². The van der Waals surface area contributed by atoms with Crippen LogP contribution < -0.4 is 0 Å². The summed E-state index contributed by atoms with van der Waals surface area (Å²) in [6.07, 6.45) is 7.11. The fourth-order valence-electron chi connectivity index (χ4n) is 2.74. The SMILES string of the molecule is CCC1=CN2C(=Nc3cccc4c3C2=NCC4=O)C=C1. The van der Waals surface area contributed by atoms with Gasteiger partial charge >= 0.3 is 0 Å². The van der Waals surface area contributed by atoms with E-state index in [0.717, 1.165) is 34.9 Å². The number of carbonyl (C=O) groups excluding carboxylic acids is 1. The number of carbonyl (C=O) groups is 1. The Bertz CT molecular complexity index is 753. The van der Waals surface area contributed by atoms with E-state index in [-0.39, 0.29) is 12.3 Å². The largest absolute Gasteiger partial charge is 0.292 e. The Morgan fingerprint density at radius 3 is 3.05 bits per heavy atom. The summed E-state index contributed by atoms with van der Waals surface area (Å²) >= 11 is 0. The van der Waals surface area contributed by atoms with E-state index in [9.17, 15) is 4.79 Å². The van der Waals surface area contributed by atoms with Crippen LogP contribution in [0.25, 0.3) is 0 Å². The number of benzene rings is 1.